The number of benzene rings is 11. The van der Waals surface area contributed by atoms with Crippen LogP contribution in [0.15, 0.2) is 241 Å². The fraction of sp³-hybridized carbons (Fsp3) is 0. The monoisotopic (exact) mass is 794 g/mol. The van der Waals surface area contributed by atoms with Crippen LogP contribution in [0.3, 0.4) is 0 Å². The van der Waals surface area contributed by atoms with Crippen LogP contribution < -0.4 is 4.90 Å². The van der Waals surface area contributed by atoms with Crippen molar-refractivity contribution in [1.29, 1.82) is 0 Å². The number of para-hydroxylation sites is 1. The molecule has 0 N–H and O–H groups in total. The normalized spacial score (nSPS) is 12.7. The van der Waals surface area contributed by atoms with E-state index in [4.69, 9.17) is 11.3 Å². The van der Waals surface area contributed by atoms with E-state index in [-0.39, 0.29) is 29.7 Å². The number of fused-ring (bicyclic) bond motifs is 7. The lowest BCUT2D eigenvalue weighted by Gasteiger charge is -2.26. The summed E-state index contributed by atoms with van der Waals surface area (Å²) in [5.41, 5.74) is 11.5. The molecule has 62 heavy (non-hydrogen) atoms. The molecule has 0 aliphatic carbocycles. The fourth-order valence-corrected chi connectivity index (χ4v) is 9.37. The van der Waals surface area contributed by atoms with E-state index in [1.54, 1.807) is 0 Å². The lowest BCUT2D eigenvalue weighted by molar-refractivity contribution is 0.669. The van der Waals surface area contributed by atoms with Gasteiger partial charge in [-0.1, -0.05) is 188 Å². The van der Waals surface area contributed by atoms with Gasteiger partial charge in [-0.25, -0.2) is 0 Å². The molecule has 12 aromatic rings. The van der Waals surface area contributed by atoms with E-state index < -0.39 is 6.04 Å². The minimum absolute atomic E-state index is 0.180. The molecule has 2 heteroatoms. The van der Waals surface area contributed by atoms with Gasteiger partial charge in [-0.15, -0.1) is 0 Å². The molecule has 12 rings (SSSR count). The van der Waals surface area contributed by atoms with E-state index >= 15 is 0 Å². The van der Waals surface area contributed by atoms with E-state index in [1.165, 1.54) is 16.3 Å². The third-order valence-electron chi connectivity index (χ3n) is 12.2. The number of furan rings is 1. The van der Waals surface area contributed by atoms with Crippen molar-refractivity contribution in [2.24, 2.45) is 0 Å². The minimum Gasteiger partial charge on any atom is -0.456 e. The van der Waals surface area contributed by atoms with Crippen LogP contribution in [0, 0.1) is 0 Å². The van der Waals surface area contributed by atoms with Crippen molar-refractivity contribution in [2.45, 2.75) is 0 Å². The zero-order valence-corrected chi connectivity index (χ0v) is 33.5. The van der Waals surface area contributed by atoms with Gasteiger partial charge in [0, 0.05) is 27.8 Å². The van der Waals surface area contributed by atoms with Crippen LogP contribution >= 0.6 is 0 Å². The summed E-state index contributed by atoms with van der Waals surface area (Å²) in [5, 5.41) is 8.26. The van der Waals surface area contributed by atoms with Gasteiger partial charge in [-0.2, -0.15) is 0 Å². The highest BCUT2D eigenvalue weighted by molar-refractivity contribution is 6.21. The lowest BCUT2D eigenvalue weighted by Crippen LogP contribution is -2.09. The summed E-state index contributed by atoms with van der Waals surface area (Å²) in [4.78, 5) is 2.25. The van der Waals surface area contributed by atoms with E-state index in [0.717, 1.165) is 88.4 Å². The second-order valence-electron chi connectivity index (χ2n) is 15.6. The van der Waals surface area contributed by atoms with Crippen LogP contribution in [-0.4, -0.2) is 0 Å². The van der Waals surface area contributed by atoms with Crippen molar-refractivity contribution in [3.8, 4) is 44.5 Å². The van der Waals surface area contributed by atoms with Gasteiger partial charge in [0.1, 0.15) is 11.2 Å². The second kappa shape index (κ2) is 14.8. The summed E-state index contributed by atoms with van der Waals surface area (Å²) in [5.74, 6) is 0. The van der Waals surface area contributed by atoms with Crippen molar-refractivity contribution in [3.05, 3.63) is 236 Å². The first-order chi connectivity index (χ1) is 32.8. The Kier molecular flexibility index (Phi) is 7.35. The molecule has 11 aromatic carbocycles. The molecule has 290 valence electrons. The Balaban J connectivity index is 1.03. The van der Waals surface area contributed by atoms with Gasteiger partial charge in [-0.3, -0.25) is 0 Å². The topological polar surface area (TPSA) is 16.4 Å². The Labute approximate surface area is 367 Å². The molecule has 0 bridgehead atoms. The average Bonchev–Trinajstić information content (AvgIpc) is 3.77. The van der Waals surface area contributed by atoms with Gasteiger partial charge in [-0.05, 0) is 125 Å². The third-order valence-corrected chi connectivity index (χ3v) is 12.2. The molecule has 0 aliphatic heterocycles. The molecule has 1 heterocycles. The molecule has 0 spiro atoms. The molecule has 0 radical (unpaired) electrons. The molecule has 0 saturated heterocycles. The standard InChI is InChI=1S/C60H39NO/c1-2-15-43(16-3-1)58-53-21-8-6-19-51(53)52-20-7-9-22-54(52)59(58)44-32-38-47(39-33-44)61(45-34-28-41(29-35-45)49-24-12-17-40-14-4-5-18-48(40)49)46-36-30-42(31-37-46)50-25-13-27-57-60(50)55-23-10-11-26-56(55)62-57/h1-39H/i1D,2D,3D,15D,16D. The van der Waals surface area contributed by atoms with Crippen LogP contribution in [0.4, 0.5) is 17.1 Å². The summed E-state index contributed by atoms with van der Waals surface area (Å²) in [7, 11) is 0. The highest BCUT2D eigenvalue weighted by Gasteiger charge is 2.20. The average molecular weight is 795 g/mol. The van der Waals surface area contributed by atoms with Gasteiger partial charge in [0.15, 0.2) is 0 Å². The first-order valence-electron chi connectivity index (χ1n) is 23.3. The van der Waals surface area contributed by atoms with E-state index in [0.29, 0.717) is 5.56 Å². The van der Waals surface area contributed by atoms with Gasteiger partial charge in [0.2, 0.25) is 0 Å². The van der Waals surface area contributed by atoms with Crippen LogP contribution in [0.2, 0.25) is 0 Å². The molecule has 0 atom stereocenters. The van der Waals surface area contributed by atoms with Crippen LogP contribution in [0.5, 0.6) is 0 Å². The number of hydrogen-bond acceptors (Lipinski definition) is 2. The predicted molar refractivity (Wildman–Crippen MR) is 263 cm³/mol. The number of rotatable bonds is 7. The summed E-state index contributed by atoms with van der Waals surface area (Å²) in [6.45, 7) is 0. The largest absolute Gasteiger partial charge is 0.456 e. The molecule has 0 fully saturated rings. The highest BCUT2D eigenvalue weighted by Crippen LogP contribution is 2.46. The number of anilines is 3. The van der Waals surface area contributed by atoms with Crippen molar-refractivity contribution in [3.63, 3.8) is 0 Å². The first-order valence-corrected chi connectivity index (χ1v) is 20.8. The quantitative estimate of drug-likeness (QED) is 0.149. The summed E-state index contributed by atoms with van der Waals surface area (Å²) in [6, 6.07) is 69.5. The van der Waals surface area contributed by atoms with E-state index in [2.05, 4.69) is 144 Å². The lowest BCUT2D eigenvalue weighted by atomic mass is 9.85. The van der Waals surface area contributed by atoms with Crippen molar-refractivity contribution in [2.75, 3.05) is 4.90 Å². The van der Waals surface area contributed by atoms with Gasteiger partial charge in [0.05, 0.1) is 6.85 Å². The summed E-state index contributed by atoms with van der Waals surface area (Å²) < 4.78 is 50.3. The molecular formula is C60H39NO. The summed E-state index contributed by atoms with van der Waals surface area (Å²) in [6.07, 6.45) is 0. The number of nitrogens with zero attached hydrogens (tertiary/aromatic N) is 1. The molecule has 0 aliphatic rings. The van der Waals surface area contributed by atoms with Gasteiger partial charge >= 0.3 is 0 Å². The Morgan fingerprint density at radius 2 is 0.774 bits per heavy atom. The van der Waals surface area contributed by atoms with Crippen LogP contribution in [0.1, 0.15) is 6.85 Å². The van der Waals surface area contributed by atoms with Crippen LogP contribution in [0.25, 0.3) is 98.8 Å². The Bertz CT molecular complexity index is 3880. The SMILES string of the molecule is [2H]c1c([2H])c([2H])c(-c2c(-c3ccc(N(c4ccc(-c5cccc6ccccc56)cc4)c4ccc(-c5cccc6oc7ccccc7c56)cc4)cc3)c3ccccc3c3ccccc23)c([2H])c1[2H]. The molecule has 0 saturated carbocycles. The molecule has 0 unspecified atom stereocenters. The highest BCUT2D eigenvalue weighted by atomic mass is 16.3. The van der Waals surface area contributed by atoms with E-state index in [1.807, 2.05) is 66.7 Å². The molecular weight excluding hydrogens is 751 g/mol. The maximum absolute atomic E-state index is 9.16. The minimum atomic E-state index is -0.417. The maximum atomic E-state index is 9.16. The zero-order valence-electron chi connectivity index (χ0n) is 38.5. The third kappa shape index (κ3) is 5.96. The van der Waals surface area contributed by atoms with Crippen molar-refractivity contribution < 1.29 is 11.3 Å². The van der Waals surface area contributed by atoms with Crippen molar-refractivity contribution in [1.82, 2.24) is 0 Å². The zero-order chi connectivity index (χ0) is 45.3. The molecule has 0 amide bonds. The predicted octanol–water partition coefficient (Wildman–Crippen LogP) is 17.2. The molecule has 2 nitrogen and oxygen atoms in total. The van der Waals surface area contributed by atoms with Crippen LogP contribution in [-0.2, 0) is 0 Å². The molecule has 1 aromatic heterocycles. The smallest absolute Gasteiger partial charge is 0.136 e. The van der Waals surface area contributed by atoms with Gasteiger partial charge in [0.25, 0.3) is 0 Å². The Morgan fingerprint density at radius 3 is 1.42 bits per heavy atom. The Morgan fingerprint density at radius 1 is 0.323 bits per heavy atom. The first kappa shape index (κ1) is 30.8. The number of hydrogen-bond donors (Lipinski definition) is 0. The maximum Gasteiger partial charge on any atom is 0.136 e. The van der Waals surface area contributed by atoms with E-state index in [9.17, 15) is 0 Å². The summed E-state index contributed by atoms with van der Waals surface area (Å²) >= 11 is 0. The van der Waals surface area contributed by atoms with Gasteiger partial charge < -0.3 is 9.32 Å². The fourth-order valence-electron chi connectivity index (χ4n) is 9.37. The van der Waals surface area contributed by atoms with Crippen molar-refractivity contribution >= 4 is 71.3 Å². The Hall–Kier alpha value is -8.20. The second-order valence-corrected chi connectivity index (χ2v) is 15.6.